The Morgan fingerprint density at radius 1 is 1.30 bits per heavy atom. The molecule has 1 fully saturated rings. The monoisotopic (exact) mass is 141 g/mol. The van der Waals surface area contributed by atoms with Gasteiger partial charge in [-0.15, -0.1) is 0 Å². The lowest BCUT2D eigenvalue weighted by Crippen LogP contribution is -2.19. The van der Waals surface area contributed by atoms with Crippen LogP contribution >= 0.6 is 0 Å². The summed E-state index contributed by atoms with van der Waals surface area (Å²) in [4.78, 5) is 2.31. The van der Waals surface area contributed by atoms with E-state index < -0.39 is 0 Å². The summed E-state index contributed by atoms with van der Waals surface area (Å²) in [6.45, 7) is 3.67. The van der Waals surface area contributed by atoms with Crippen molar-refractivity contribution in [3.63, 3.8) is 0 Å². The SMILES string of the molecule is CC1CCC(CN(C)C)C1. The minimum Gasteiger partial charge on any atom is -0.309 e. The average Bonchev–Trinajstić information content (AvgIpc) is 2.13. The highest BCUT2D eigenvalue weighted by molar-refractivity contribution is 4.73. The van der Waals surface area contributed by atoms with E-state index >= 15 is 0 Å². The Balaban J connectivity index is 2.18. The lowest BCUT2D eigenvalue weighted by Gasteiger charge is -2.15. The number of hydrogen-bond donors (Lipinski definition) is 0. The van der Waals surface area contributed by atoms with E-state index in [0.717, 1.165) is 11.8 Å². The maximum Gasteiger partial charge on any atom is 0.000366 e. The Morgan fingerprint density at radius 2 is 2.00 bits per heavy atom. The van der Waals surface area contributed by atoms with Crippen molar-refractivity contribution in [3.05, 3.63) is 0 Å². The van der Waals surface area contributed by atoms with Gasteiger partial charge >= 0.3 is 0 Å². The van der Waals surface area contributed by atoms with Crippen molar-refractivity contribution in [2.75, 3.05) is 20.6 Å². The quantitative estimate of drug-likeness (QED) is 0.568. The third-order valence-corrected chi connectivity index (χ3v) is 2.43. The van der Waals surface area contributed by atoms with Crippen LogP contribution in [0.3, 0.4) is 0 Å². The fourth-order valence-electron chi connectivity index (χ4n) is 2.01. The summed E-state index contributed by atoms with van der Waals surface area (Å²) in [5, 5.41) is 0. The maximum absolute atomic E-state index is 2.37. The van der Waals surface area contributed by atoms with E-state index in [9.17, 15) is 0 Å². The number of hydrogen-bond acceptors (Lipinski definition) is 1. The molecule has 0 heterocycles. The van der Waals surface area contributed by atoms with Gasteiger partial charge in [0.2, 0.25) is 0 Å². The molecule has 0 aliphatic heterocycles. The van der Waals surface area contributed by atoms with Gasteiger partial charge in [-0.3, -0.25) is 0 Å². The molecule has 60 valence electrons. The van der Waals surface area contributed by atoms with Crippen molar-refractivity contribution < 1.29 is 0 Å². The first kappa shape index (κ1) is 8.06. The molecule has 1 nitrogen and oxygen atoms in total. The van der Waals surface area contributed by atoms with Crippen LogP contribution in [0, 0.1) is 11.8 Å². The van der Waals surface area contributed by atoms with E-state index in [1.807, 2.05) is 0 Å². The van der Waals surface area contributed by atoms with Crippen LogP contribution in [0.15, 0.2) is 0 Å². The highest BCUT2D eigenvalue weighted by Gasteiger charge is 2.21. The topological polar surface area (TPSA) is 3.24 Å². The Hall–Kier alpha value is -0.0400. The summed E-state index contributed by atoms with van der Waals surface area (Å²) >= 11 is 0. The smallest absolute Gasteiger partial charge is 0.000366 e. The van der Waals surface area contributed by atoms with Crippen LogP contribution in [-0.4, -0.2) is 25.5 Å². The predicted molar refractivity (Wildman–Crippen MR) is 45.1 cm³/mol. The van der Waals surface area contributed by atoms with Crippen molar-refractivity contribution in [2.24, 2.45) is 11.8 Å². The lowest BCUT2D eigenvalue weighted by molar-refractivity contribution is 0.323. The van der Waals surface area contributed by atoms with Crippen LogP contribution in [-0.2, 0) is 0 Å². The van der Waals surface area contributed by atoms with E-state index in [0.29, 0.717) is 0 Å². The number of rotatable bonds is 2. The van der Waals surface area contributed by atoms with E-state index in [2.05, 4.69) is 25.9 Å². The van der Waals surface area contributed by atoms with Gasteiger partial charge in [0.15, 0.2) is 0 Å². The first-order valence-electron chi connectivity index (χ1n) is 4.33. The second-order valence-electron chi connectivity index (χ2n) is 4.05. The van der Waals surface area contributed by atoms with Crippen molar-refractivity contribution in [1.82, 2.24) is 4.90 Å². The molecule has 0 aromatic rings. The molecule has 0 aromatic heterocycles. The molecule has 0 spiro atoms. The second kappa shape index (κ2) is 3.38. The second-order valence-corrected chi connectivity index (χ2v) is 4.05. The Labute approximate surface area is 64.4 Å². The van der Waals surface area contributed by atoms with E-state index in [1.54, 1.807) is 0 Å². The minimum absolute atomic E-state index is 0.991. The zero-order valence-corrected chi connectivity index (χ0v) is 7.43. The molecular weight excluding hydrogens is 122 g/mol. The van der Waals surface area contributed by atoms with Gasteiger partial charge < -0.3 is 4.90 Å². The first-order valence-corrected chi connectivity index (χ1v) is 4.33. The van der Waals surface area contributed by atoms with Crippen molar-refractivity contribution in [2.45, 2.75) is 26.2 Å². The van der Waals surface area contributed by atoms with Gasteiger partial charge in [-0.2, -0.15) is 0 Å². The average molecular weight is 141 g/mol. The standard InChI is InChI=1S/C9H19N/c1-8-4-5-9(6-8)7-10(2)3/h8-9H,4-7H2,1-3H3. The maximum atomic E-state index is 2.37. The molecule has 0 bridgehead atoms. The molecule has 0 saturated heterocycles. The molecular formula is C9H19N. The van der Waals surface area contributed by atoms with Crippen LogP contribution in [0.4, 0.5) is 0 Å². The fraction of sp³-hybridized carbons (Fsp3) is 1.00. The molecule has 10 heavy (non-hydrogen) atoms. The Bertz CT molecular complexity index is 98.9. The zero-order valence-electron chi connectivity index (χ0n) is 7.43. The molecule has 2 atom stereocenters. The molecule has 1 heteroatoms. The molecule has 0 N–H and O–H groups in total. The highest BCUT2D eigenvalue weighted by Crippen LogP contribution is 2.30. The zero-order chi connectivity index (χ0) is 7.56. The van der Waals surface area contributed by atoms with Gasteiger partial charge in [0.05, 0.1) is 0 Å². The largest absolute Gasteiger partial charge is 0.309 e. The fourth-order valence-corrected chi connectivity index (χ4v) is 2.01. The summed E-state index contributed by atoms with van der Waals surface area (Å²) in [7, 11) is 4.34. The summed E-state index contributed by atoms with van der Waals surface area (Å²) < 4.78 is 0. The molecule has 1 saturated carbocycles. The summed E-state index contributed by atoms with van der Waals surface area (Å²) in [6.07, 6.45) is 4.37. The van der Waals surface area contributed by atoms with Crippen molar-refractivity contribution in [3.8, 4) is 0 Å². The molecule has 0 aromatic carbocycles. The minimum atomic E-state index is 0.991. The van der Waals surface area contributed by atoms with Gasteiger partial charge in [0, 0.05) is 6.54 Å². The Morgan fingerprint density at radius 3 is 2.40 bits per heavy atom. The van der Waals surface area contributed by atoms with E-state index in [-0.39, 0.29) is 0 Å². The van der Waals surface area contributed by atoms with Crippen LogP contribution < -0.4 is 0 Å². The van der Waals surface area contributed by atoms with E-state index in [4.69, 9.17) is 0 Å². The van der Waals surface area contributed by atoms with Crippen molar-refractivity contribution in [1.29, 1.82) is 0 Å². The summed E-state index contributed by atoms with van der Waals surface area (Å²) in [5.74, 6) is 1.98. The number of nitrogens with zero attached hydrogens (tertiary/aromatic N) is 1. The molecule has 1 aliphatic carbocycles. The summed E-state index contributed by atoms with van der Waals surface area (Å²) in [5.41, 5.74) is 0. The van der Waals surface area contributed by atoms with E-state index in [1.165, 1.54) is 25.8 Å². The van der Waals surface area contributed by atoms with Gasteiger partial charge in [0.1, 0.15) is 0 Å². The third kappa shape index (κ3) is 2.30. The summed E-state index contributed by atoms with van der Waals surface area (Å²) in [6, 6.07) is 0. The van der Waals surface area contributed by atoms with Crippen LogP contribution in [0.1, 0.15) is 26.2 Å². The van der Waals surface area contributed by atoms with Crippen molar-refractivity contribution >= 4 is 0 Å². The van der Waals surface area contributed by atoms with Crippen LogP contribution in [0.5, 0.6) is 0 Å². The normalized spacial score (nSPS) is 33.6. The highest BCUT2D eigenvalue weighted by atomic mass is 15.1. The lowest BCUT2D eigenvalue weighted by atomic mass is 10.1. The predicted octanol–water partition coefficient (Wildman–Crippen LogP) is 1.98. The van der Waals surface area contributed by atoms with Gasteiger partial charge in [-0.1, -0.05) is 13.3 Å². The van der Waals surface area contributed by atoms with Gasteiger partial charge in [0.25, 0.3) is 0 Å². The Kier molecular flexibility index (Phi) is 2.72. The molecule has 0 amide bonds. The third-order valence-electron chi connectivity index (χ3n) is 2.43. The molecule has 2 unspecified atom stereocenters. The van der Waals surface area contributed by atoms with Crippen LogP contribution in [0.25, 0.3) is 0 Å². The first-order chi connectivity index (χ1) is 4.68. The molecule has 0 radical (unpaired) electrons. The molecule has 1 rings (SSSR count). The van der Waals surface area contributed by atoms with Crippen LogP contribution in [0.2, 0.25) is 0 Å². The molecule has 1 aliphatic rings. The van der Waals surface area contributed by atoms with Gasteiger partial charge in [-0.05, 0) is 38.8 Å². The van der Waals surface area contributed by atoms with Gasteiger partial charge in [-0.25, -0.2) is 0 Å².